The van der Waals surface area contributed by atoms with E-state index in [2.05, 4.69) is 4.90 Å². The molecule has 4 aromatic carbocycles. The third-order valence-electron chi connectivity index (χ3n) is 7.52. The van der Waals surface area contributed by atoms with Gasteiger partial charge in [-0.15, -0.1) is 0 Å². The normalized spacial score (nSPS) is 11.7. The summed E-state index contributed by atoms with van der Waals surface area (Å²) in [5.41, 5.74) is 10.0. The zero-order valence-electron chi connectivity index (χ0n) is 30.4. The summed E-state index contributed by atoms with van der Waals surface area (Å²) < 4.78 is 74.8. The number of nitrogens with zero attached hydrogens (tertiary/aromatic N) is 3. The van der Waals surface area contributed by atoms with Crippen molar-refractivity contribution in [3.63, 3.8) is 0 Å². The molecule has 2 aromatic heterocycles. The molecule has 0 unspecified atom stereocenters. The predicted octanol–water partition coefficient (Wildman–Crippen LogP) is 9.19. The molecule has 0 amide bonds. The van der Waals surface area contributed by atoms with Gasteiger partial charge in [0.1, 0.15) is 17.1 Å². The molecule has 0 fully saturated rings. The topological polar surface area (TPSA) is 185 Å². The summed E-state index contributed by atoms with van der Waals surface area (Å²) in [5, 5.41) is 29.1. The number of benzene rings is 4. The van der Waals surface area contributed by atoms with Crippen molar-refractivity contribution in [1.29, 1.82) is 0 Å². The van der Waals surface area contributed by atoms with E-state index in [1.54, 1.807) is 24.3 Å². The third kappa shape index (κ3) is 11.4. The minimum absolute atomic E-state index is 0.107. The number of rotatable bonds is 7. The van der Waals surface area contributed by atoms with Crippen LogP contribution in [0.3, 0.4) is 0 Å². The SMILES string of the molecule is CC(C)(C)OC(=O)COc1ccc2nc3cc(Cl)ccc3c(N(CCN)c3c4ccc(Cl)cc4nc4ccc(O)cc34)c2c1.O=C(O)C(F)(F)F.O=C(O)C(F)(F)F. The van der Waals surface area contributed by atoms with E-state index in [0.717, 1.165) is 32.9 Å². The Morgan fingerprint density at radius 2 is 1.14 bits per heavy atom. The Balaban J connectivity index is 0.000000456. The number of carbonyl (C=O) groups is 3. The van der Waals surface area contributed by atoms with Gasteiger partial charge in [-0.1, -0.05) is 23.2 Å². The van der Waals surface area contributed by atoms with Crippen LogP contribution in [-0.2, 0) is 19.1 Å². The van der Waals surface area contributed by atoms with Gasteiger partial charge in [0.25, 0.3) is 0 Å². The summed E-state index contributed by atoms with van der Waals surface area (Å²) in [6, 6.07) is 21.7. The lowest BCUT2D eigenvalue weighted by molar-refractivity contribution is -0.193. The van der Waals surface area contributed by atoms with Crippen molar-refractivity contribution >= 4 is 96.1 Å². The minimum atomic E-state index is -5.08. The quantitative estimate of drug-likeness (QED) is 0.0679. The number of alkyl halides is 6. The van der Waals surface area contributed by atoms with Gasteiger partial charge < -0.3 is 35.4 Å². The largest absolute Gasteiger partial charge is 0.508 e. The van der Waals surface area contributed by atoms with Gasteiger partial charge in [0.15, 0.2) is 6.61 Å². The number of aromatic hydroxyl groups is 1. The Bertz CT molecular complexity index is 2490. The molecule has 0 radical (unpaired) electrons. The maximum absolute atomic E-state index is 12.4. The number of halogens is 8. The first kappa shape index (κ1) is 44.9. The second-order valence-corrected chi connectivity index (χ2v) is 13.9. The zero-order chi connectivity index (χ0) is 43.3. The molecule has 6 aromatic rings. The molecule has 0 atom stereocenters. The smallest absolute Gasteiger partial charge is 0.490 e. The predicted molar refractivity (Wildman–Crippen MR) is 205 cm³/mol. The van der Waals surface area contributed by atoms with Crippen molar-refractivity contribution in [1.82, 2.24) is 9.97 Å². The van der Waals surface area contributed by atoms with Crippen LogP contribution in [0.2, 0.25) is 10.0 Å². The maximum Gasteiger partial charge on any atom is 0.490 e. The molecular formula is C38H32Cl2F6N4O8. The van der Waals surface area contributed by atoms with Crippen LogP contribution in [0.25, 0.3) is 43.6 Å². The maximum atomic E-state index is 12.4. The number of carboxylic acids is 2. The second kappa shape index (κ2) is 17.7. The van der Waals surface area contributed by atoms with E-state index in [0.29, 0.717) is 51.0 Å². The van der Waals surface area contributed by atoms with Crippen molar-refractivity contribution in [3.05, 3.63) is 82.8 Å². The fourth-order valence-electron chi connectivity index (χ4n) is 5.41. The standard InChI is InChI=1S/C34H30Cl2N4O4.2C2HF3O2/c1-34(2,3)44-31(42)18-43-22-7-11-28-26(17-22)33(24-9-5-20(36)15-30(24)39-28)40(13-12-37)32-23-8-4-19(35)14-29(23)38-27-10-6-21(41)16-25(27)32;2*3-2(4,5)1(6)7/h4-11,14-17,41H,12-13,18,37H2,1-3H3;2*(H,6,7). The van der Waals surface area contributed by atoms with E-state index >= 15 is 0 Å². The highest BCUT2D eigenvalue weighted by atomic mass is 35.5. The first-order valence-electron chi connectivity index (χ1n) is 16.6. The van der Waals surface area contributed by atoms with Crippen LogP contribution in [0.15, 0.2) is 72.8 Å². The molecule has 0 bridgehead atoms. The Morgan fingerprint density at radius 3 is 1.57 bits per heavy atom. The van der Waals surface area contributed by atoms with E-state index in [1.165, 1.54) is 0 Å². The number of anilines is 2. The van der Waals surface area contributed by atoms with Gasteiger partial charge in [0, 0.05) is 44.7 Å². The molecule has 2 heterocycles. The molecule has 6 rings (SSSR count). The number of ether oxygens (including phenoxy) is 2. The van der Waals surface area contributed by atoms with Gasteiger partial charge in [0.05, 0.1) is 33.4 Å². The number of pyridine rings is 2. The molecular weight excluding hydrogens is 825 g/mol. The number of hydrogen-bond donors (Lipinski definition) is 4. The number of esters is 1. The van der Waals surface area contributed by atoms with E-state index in [1.807, 2.05) is 69.3 Å². The van der Waals surface area contributed by atoms with Gasteiger partial charge in [-0.3, -0.25) is 0 Å². The van der Waals surface area contributed by atoms with Gasteiger partial charge in [-0.25, -0.2) is 24.4 Å². The number of phenols is 1. The van der Waals surface area contributed by atoms with Gasteiger partial charge in [0.2, 0.25) is 0 Å². The molecule has 308 valence electrons. The molecule has 20 heteroatoms. The minimum Gasteiger partial charge on any atom is -0.508 e. The highest BCUT2D eigenvalue weighted by Crippen LogP contribution is 2.45. The fourth-order valence-corrected chi connectivity index (χ4v) is 5.74. The van der Waals surface area contributed by atoms with Crippen LogP contribution in [-0.4, -0.2) is 80.8 Å². The summed E-state index contributed by atoms with van der Waals surface area (Å²) in [5.74, 6) is -5.40. The summed E-state index contributed by atoms with van der Waals surface area (Å²) in [6.45, 7) is 5.89. The molecule has 0 saturated carbocycles. The number of nitrogens with two attached hydrogens (primary N) is 1. The first-order chi connectivity index (χ1) is 26.9. The Labute approximate surface area is 334 Å². The summed E-state index contributed by atoms with van der Waals surface area (Å²) in [7, 11) is 0. The van der Waals surface area contributed by atoms with E-state index in [4.69, 9.17) is 68.2 Å². The van der Waals surface area contributed by atoms with Gasteiger partial charge in [-0.05, 0) is 93.6 Å². The number of fused-ring (bicyclic) bond motifs is 4. The Hall–Kier alpha value is -5.85. The zero-order valence-corrected chi connectivity index (χ0v) is 31.9. The molecule has 0 aliphatic rings. The number of hydrogen-bond acceptors (Lipinski definition) is 10. The Morgan fingerprint density at radius 1 is 0.690 bits per heavy atom. The first-order valence-corrected chi connectivity index (χ1v) is 17.3. The molecule has 5 N–H and O–H groups in total. The lowest BCUT2D eigenvalue weighted by Gasteiger charge is -2.30. The highest BCUT2D eigenvalue weighted by molar-refractivity contribution is 6.32. The molecule has 0 aliphatic carbocycles. The Kier molecular flexibility index (Phi) is 13.7. The van der Waals surface area contributed by atoms with Crippen molar-refractivity contribution < 1.29 is 65.5 Å². The van der Waals surface area contributed by atoms with Crippen molar-refractivity contribution in [2.75, 3.05) is 24.6 Å². The number of carbonyl (C=O) groups excluding carboxylic acids is 1. The number of carboxylic acid groups (broad SMARTS) is 2. The third-order valence-corrected chi connectivity index (χ3v) is 7.99. The number of phenolic OH excluding ortho intramolecular Hbond substituents is 1. The van der Waals surface area contributed by atoms with Crippen LogP contribution in [0, 0.1) is 0 Å². The van der Waals surface area contributed by atoms with E-state index in [-0.39, 0.29) is 12.4 Å². The van der Waals surface area contributed by atoms with E-state index < -0.39 is 35.9 Å². The van der Waals surface area contributed by atoms with Gasteiger partial charge >= 0.3 is 30.3 Å². The fraction of sp³-hybridized carbons (Fsp3) is 0.237. The molecule has 0 saturated heterocycles. The molecule has 0 aliphatic heterocycles. The summed E-state index contributed by atoms with van der Waals surface area (Å²) in [4.78, 5) is 42.1. The van der Waals surface area contributed by atoms with Crippen LogP contribution in [0.4, 0.5) is 37.7 Å². The van der Waals surface area contributed by atoms with Gasteiger partial charge in [-0.2, -0.15) is 26.3 Å². The lowest BCUT2D eigenvalue weighted by atomic mass is 10.0. The summed E-state index contributed by atoms with van der Waals surface area (Å²) in [6.07, 6.45) is -10.2. The second-order valence-electron chi connectivity index (χ2n) is 13.0. The highest BCUT2D eigenvalue weighted by Gasteiger charge is 2.39. The van der Waals surface area contributed by atoms with Crippen molar-refractivity contribution in [3.8, 4) is 11.5 Å². The van der Waals surface area contributed by atoms with Crippen LogP contribution in [0.5, 0.6) is 11.5 Å². The average Bonchev–Trinajstić information content (AvgIpc) is 3.10. The van der Waals surface area contributed by atoms with Crippen LogP contribution >= 0.6 is 23.2 Å². The molecule has 58 heavy (non-hydrogen) atoms. The van der Waals surface area contributed by atoms with E-state index in [9.17, 15) is 36.2 Å². The molecule has 0 spiro atoms. The average molecular weight is 858 g/mol. The van der Waals surface area contributed by atoms with Crippen LogP contribution < -0.4 is 15.4 Å². The summed E-state index contributed by atoms with van der Waals surface area (Å²) >= 11 is 12.8. The molecule has 12 nitrogen and oxygen atoms in total. The lowest BCUT2D eigenvalue weighted by Crippen LogP contribution is -2.27. The number of aliphatic carboxylic acids is 2. The van der Waals surface area contributed by atoms with Crippen molar-refractivity contribution in [2.45, 2.75) is 38.7 Å². The number of aromatic nitrogens is 2. The van der Waals surface area contributed by atoms with Crippen LogP contribution in [0.1, 0.15) is 20.8 Å². The monoisotopic (exact) mass is 856 g/mol. The van der Waals surface area contributed by atoms with Crippen molar-refractivity contribution in [2.24, 2.45) is 5.73 Å².